The largest absolute Gasteiger partial charge is 0.395 e. The number of hydrogen-bond acceptors (Lipinski definition) is 10. The van der Waals surface area contributed by atoms with Gasteiger partial charge in [-0.3, -0.25) is 0 Å². The number of nitrogens with zero attached hydrogens (tertiary/aromatic N) is 6. The molecule has 2 rings (SSSR count). The van der Waals surface area contributed by atoms with Crippen LogP contribution in [0.2, 0.25) is 0 Å². The van der Waals surface area contributed by atoms with Gasteiger partial charge >= 0.3 is 0 Å². The lowest BCUT2D eigenvalue weighted by Crippen LogP contribution is -2.19. The van der Waals surface area contributed by atoms with Crippen molar-refractivity contribution in [2.24, 2.45) is 0 Å². The van der Waals surface area contributed by atoms with Gasteiger partial charge in [0.25, 0.3) is 0 Å². The zero-order valence-electron chi connectivity index (χ0n) is 14.4. The molecule has 0 unspecified atom stereocenters. The Morgan fingerprint density at radius 3 is 1.38 bits per heavy atom. The van der Waals surface area contributed by atoms with Gasteiger partial charge in [0.2, 0.25) is 11.9 Å². The highest BCUT2D eigenvalue weighted by Gasteiger charge is 2.18. The van der Waals surface area contributed by atoms with Crippen LogP contribution in [-0.2, 0) is 0 Å². The van der Waals surface area contributed by atoms with Crippen LogP contribution in [0.15, 0.2) is 0 Å². The number of aliphatic hydroxyl groups is 2. The van der Waals surface area contributed by atoms with Crippen LogP contribution in [0, 0.1) is 0 Å². The van der Waals surface area contributed by atoms with Crippen LogP contribution < -0.4 is 20.4 Å². The number of aromatic nitrogens is 4. The molecule has 0 radical (unpaired) electrons. The van der Waals surface area contributed by atoms with Gasteiger partial charge in [0.05, 0.1) is 13.2 Å². The number of anilines is 4. The van der Waals surface area contributed by atoms with E-state index in [0.717, 1.165) is 0 Å². The Hall–Kier alpha value is -2.46. The molecule has 0 aliphatic heterocycles. The number of nitrogens with one attached hydrogen (secondary N) is 2. The van der Waals surface area contributed by atoms with Crippen LogP contribution >= 0.6 is 0 Å². The van der Waals surface area contributed by atoms with Gasteiger partial charge in [0.1, 0.15) is 11.0 Å². The Labute approximate surface area is 140 Å². The minimum atomic E-state index is -0.0141. The van der Waals surface area contributed by atoms with Crippen molar-refractivity contribution < 1.29 is 10.2 Å². The van der Waals surface area contributed by atoms with Gasteiger partial charge in [-0.15, -0.1) is 0 Å². The van der Waals surface area contributed by atoms with Crippen molar-refractivity contribution in [3.05, 3.63) is 0 Å². The average Bonchev–Trinajstić information content (AvgIpc) is 2.56. The first-order valence-electron chi connectivity index (χ1n) is 7.61. The summed E-state index contributed by atoms with van der Waals surface area (Å²) in [6, 6.07) is 0. The van der Waals surface area contributed by atoms with E-state index in [4.69, 9.17) is 10.2 Å². The minimum Gasteiger partial charge on any atom is -0.395 e. The molecule has 0 fully saturated rings. The second kappa shape index (κ2) is 7.88. The lowest BCUT2D eigenvalue weighted by Gasteiger charge is -2.19. The molecular formula is C14H24N8O2. The fourth-order valence-corrected chi connectivity index (χ4v) is 2.10. The molecule has 0 aliphatic carbocycles. The van der Waals surface area contributed by atoms with Crippen molar-refractivity contribution in [3.8, 4) is 0 Å². The summed E-state index contributed by atoms with van der Waals surface area (Å²) < 4.78 is 0. The summed E-state index contributed by atoms with van der Waals surface area (Å²) in [6.07, 6.45) is 0. The number of hydrogen-bond donors (Lipinski definition) is 4. The summed E-state index contributed by atoms with van der Waals surface area (Å²) in [6.45, 7) is 0.679. The Balaban J connectivity index is 2.66. The number of rotatable bonds is 8. The smallest absolute Gasteiger partial charge is 0.225 e. The molecule has 0 spiro atoms. The molecule has 2 aromatic heterocycles. The molecule has 0 amide bonds. The normalized spacial score (nSPS) is 10.8. The van der Waals surface area contributed by atoms with Crippen LogP contribution in [0.1, 0.15) is 0 Å². The third-order valence-electron chi connectivity index (χ3n) is 3.14. The van der Waals surface area contributed by atoms with E-state index in [0.29, 0.717) is 47.7 Å². The predicted molar refractivity (Wildman–Crippen MR) is 94.9 cm³/mol. The SMILES string of the molecule is CN(C)c1nc(NCCO)nc2c(N(C)C)nc(NCCO)nc12. The molecular weight excluding hydrogens is 312 g/mol. The lowest BCUT2D eigenvalue weighted by atomic mass is 10.3. The second-order valence-electron chi connectivity index (χ2n) is 5.53. The Morgan fingerprint density at radius 1 is 0.708 bits per heavy atom. The molecule has 4 N–H and O–H groups in total. The summed E-state index contributed by atoms with van der Waals surface area (Å²) in [5, 5.41) is 23.9. The summed E-state index contributed by atoms with van der Waals surface area (Å²) in [5.74, 6) is 2.09. The molecule has 10 nitrogen and oxygen atoms in total. The number of fused-ring (bicyclic) bond motifs is 1. The first kappa shape index (κ1) is 17.9. The van der Waals surface area contributed by atoms with Crippen LogP contribution in [0.25, 0.3) is 11.0 Å². The van der Waals surface area contributed by atoms with E-state index in [2.05, 4.69) is 30.6 Å². The van der Waals surface area contributed by atoms with Gasteiger partial charge < -0.3 is 30.6 Å². The maximum Gasteiger partial charge on any atom is 0.225 e. The molecule has 0 atom stereocenters. The fraction of sp³-hybridized carbons (Fsp3) is 0.571. The zero-order chi connectivity index (χ0) is 17.7. The molecule has 2 aromatic rings. The third-order valence-corrected chi connectivity index (χ3v) is 3.14. The van der Waals surface area contributed by atoms with E-state index in [-0.39, 0.29) is 13.2 Å². The summed E-state index contributed by atoms with van der Waals surface area (Å²) >= 11 is 0. The third kappa shape index (κ3) is 3.89. The maximum absolute atomic E-state index is 8.99. The van der Waals surface area contributed by atoms with Crippen molar-refractivity contribution in [3.63, 3.8) is 0 Å². The van der Waals surface area contributed by atoms with E-state index in [1.807, 2.05) is 38.0 Å². The maximum atomic E-state index is 8.99. The fourth-order valence-electron chi connectivity index (χ4n) is 2.10. The van der Waals surface area contributed by atoms with E-state index >= 15 is 0 Å². The average molecular weight is 336 g/mol. The Bertz CT molecular complexity index is 633. The van der Waals surface area contributed by atoms with Crippen LogP contribution in [0.4, 0.5) is 23.5 Å². The van der Waals surface area contributed by atoms with E-state index in [9.17, 15) is 0 Å². The molecule has 0 bridgehead atoms. The first-order valence-corrected chi connectivity index (χ1v) is 7.61. The number of aliphatic hydroxyl groups excluding tert-OH is 2. The summed E-state index contributed by atoms with van der Waals surface area (Å²) in [7, 11) is 7.48. The van der Waals surface area contributed by atoms with Crippen LogP contribution in [0.3, 0.4) is 0 Å². The quantitative estimate of drug-likeness (QED) is 0.495. The lowest BCUT2D eigenvalue weighted by molar-refractivity contribution is 0.310. The Kier molecular flexibility index (Phi) is 5.88. The Morgan fingerprint density at radius 2 is 1.08 bits per heavy atom. The zero-order valence-corrected chi connectivity index (χ0v) is 14.4. The van der Waals surface area contributed by atoms with Gasteiger partial charge in [0.15, 0.2) is 11.6 Å². The van der Waals surface area contributed by atoms with Gasteiger partial charge in [-0.1, -0.05) is 0 Å². The highest BCUT2D eigenvalue weighted by Crippen LogP contribution is 2.29. The highest BCUT2D eigenvalue weighted by molar-refractivity contribution is 5.94. The molecule has 24 heavy (non-hydrogen) atoms. The molecule has 0 aromatic carbocycles. The van der Waals surface area contributed by atoms with Crippen molar-refractivity contribution in [2.75, 3.05) is 74.9 Å². The minimum absolute atomic E-state index is 0.0141. The molecule has 0 aliphatic rings. The monoisotopic (exact) mass is 336 g/mol. The first-order chi connectivity index (χ1) is 11.5. The molecule has 2 heterocycles. The van der Waals surface area contributed by atoms with Crippen LogP contribution in [0.5, 0.6) is 0 Å². The van der Waals surface area contributed by atoms with E-state index in [1.54, 1.807) is 0 Å². The highest BCUT2D eigenvalue weighted by atomic mass is 16.3. The van der Waals surface area contributed by atoms with E-state index in [1.165, 1.54) is 0 Å². The second-order valence-corrected chi connectivity index (χ2v) is 5.53. The topological polar surface area (TPSA) is 123 Å². The van der Waals surface area contributed by atoms with Crippen LogP contribution in [-0.4, -0.2) is 84.6 Å². The predicted octanol–water partition coefficient (Wildman–Crippen LogP) is -0.640. The molecule has 10 heteroatoms. The standard InChI is InChI=1S/C14H24N8O2/c1-21(2)11-9-10(18-13(19-11)15-5-7-23)12(22(3)4)20-14(17-9)16-6-8-24/h23-24H,5-8H2,1-4H3,(H,15,18,19)(H,16,17,20). The van der Waals surface area contributed by atoms with Crippen molar-refractivity contribution >= 4 is 34.6 Å². The van der Waals surface area contributed by atoms with Gasteiger partial charge in [-0.2, -0.15) is 9.97 Å². The van der Waals surface area contributed by atoms with Crippen molar-refractivity contribution in [2.45, 2.75) is 0 Å². The molecule has 0 saturated heterocycles. The van der Waals surface area contributed by atoms with Crippen molar-refractivity contribution in [1.82, 2.24) is 19.9 Å². The molecule has 132 valence electrons. The summed E-state index contributed by atoms with van der Waals surface area (Å²) in [5.41, 5.74) is 1.21. The van der Waals surface area contributed by atoms with Gasteiger partial charge in [-0.25, -0.2) is 9.97 Å². The van der Waals surface area contributed by atoms with Crippen molar-refractivity contribution in [1.29, 1.82) is 0 Å². The molecule has 0 saturated carbocycles. The van der Waals surface area contributed by atoms with E-state index < -0.39 is 0 Å². The van der Waals surface area contributed by atoms with Gasteiger partial charge in [-0.05, 0) is 0 Å². The summed E-state index contributed by atoms with van der Waals surface area (Å²) in [4.78, 5) is 21.6. The van der Waals surface area contributed by atoms with Gasteiger partial charge in [0, 0.05) is 41.3 Å².